The molecule has 1 aromatic carbocycles. The maximum absolute atomic E-state index is 11.8. The third-order valence-corrected chi connectivity index (χ3v) is 4.58. The Balaban J connectivity index is 2.24. The molecular formula is C14H18N4O2S. The number of benzene rings is 1. The van der Waals surface area contributed by atoms with Crippen molar-refractivity contribution >= 4 is 21.4 Å². The predicted molar refractivity (Wildman–Crippen MR) is 83.4 cm³/mol. The summed E-state index contributed by atoms with van der Waals surface area (Å²) in [4.78, 5) is 4.44. The van der Waals surface area contributed by atoms with E-state index in [1.165, 1.54) is 19.2 Å². The highest BCUT2D eigenvalue weighted by Gasteiger charge is 2.13. The molecule has 2 rings (SSSR count). The summed E-state index contributed by atoms with van der Waals surface area (Å²) >= 11 is 0. The predicted octanol–water partition coefficient (Wildman–Crippen LogP) is 1.49. The molecule has 6 nitrogen and oxygen atoms in total. The second kappa shape index (κ2) is 6.11. The van der Waals surface area contributed by atoms with E-state index in [4.69, 9.17) is 5.73 Å². The monoisotopic (exact) mass is 306 g/mol. The SMILES string of the molecule is CNS(=O)(=O)c1ccc(N)c(NCc2ncccc2C)c1. The number of nitrogens with one attached hydrogen (secondary N) is 2. The zero-order valence-electron chi connectivity index (χ0n) is 11.9. The Labute approximate surface area is 124 Å². The van der Waals surface area contributed by atoms with Crippen LogP contribution in [0.3, 0.4) is 0 Å². The van der Waals surface area contributed by atoms with Gasteiger partial charge in [0.25, 0.3) is 0 Å². The van der Waals surface area contributed by atoms with Crippen LogP contribution in [0.15, 0.2) is 41.4 Å². The van der Waals surface area contributed by atoms with Crippen LogP contribution < -0.4 is 15.8 Å². The summed E-state index contributed by atoms with van der Waals surface area (Å²) in [6.07, 6.45) is 1.72. The van der Waals surface area contributed by atoms with Crippen molar-refractivity contribution in [3.8, 4) is 0 Å². The number of nitrogens with zero attached hydrogens (tertiary/aromatic N) is 1. The fraction of sp³-hybridized carbons (Fsp3) is 0.214. The molecule has 0 aliphatic carbocycles. The number of nitrogens with two attached hydrogens (primary N) is 1. The minimum absolute atomic E-state index is 0.166. The number of pyridine rings is 1. The molecule has 0 saturated carbocycles. The number of anilines is 2. The van der Waals surface area contributed by atoms with Gasteiger partial charge in [-0.2, -0.15) is 0 Å². The lowest BCUT2D eigenvalue weighted by Gasteiger charge is -2.12. The van der Waals surface area contributed by atoms with Crippen LogP contribution in [-0.2, 0) is 16.6 Å². The zero-order valence-corrected chi connectivity index (χ0v) is 12.7. The van der Waals surface area contributed by atoms with E-state index < -0.39 is 10.0 Å². The van der Waals surface area contributed by atoms with Crippen LogP contribution in [0.2, 0.25) is 0 Å². The van der Waals surface area contributed by atoms with Gasteiger partial charge in [0.2, 0.25) is 10.0 Å². The largest absolute Gasteiger partial charge is 0.397 e. The first-order valence-corrected chi connectivity index (χ1v) is 7.90. The highest BCUT2D eigenvalue weighted by molar-refractivity contribution is 7.89. The second-order valence-corrected chi connectivity index (χ2v) is 6.46. The van der Waals surface area contributed by atoms with Crippen molar-refractivity contribution < 1.29 is 8.42 Å². The van der Waals surface area contributed by atoms with Crippen molar-refractivity contribution in [1.29, 1.82) is 0 Å². The number of nitrogen functional groups attached to an aromatic ring is 1. The summed E-state index contributed by atoms with van der Waals surface area (Å²) in [5.41, 5.74) is 8.87. The van der Waals surface area contributed by atoms with Crippen molar-refractivity contribution in [2.75, 3.05) is 18.1 Å². The summed E-state index contributed by atoms with van der Waals surface area (Å²) in [5.74, 6) is 0. The Morgan fingerprint density at radius 3 is 2.71 bits per heavy atom. The Hall–Kier alpha value is -2.12. The number of sulfonamides is 1. The van der Waals surface area contributed by atoms with Crippen molar-refractivity contribution in [2.24, 2.45) is 0 Å². The van der Waals surface area contributed by atoms with Crippen LogP contribution in [0, 0.1) is 6.92 Å². The van der Waals surface area contributed by atoms with Crippen LogP contribution in [0.5, 0.6) is 0 Å². The molecular weight excluding hydrogens is 288 g/mol. The average Bonchev–Trinajstić information content (AvgIpc) is 2.47. The summed E-state index contributed by atoms with van der Waals surface area (Å²) < 4.78 is 25.9. The lowest BCUT2D eigenvalue weighted by molar-refractivity contribution is 0.588. The standard InChI is InChI=1S/C14H18N4O2S/c1-10-4-3-7-17-14(10)9-18-13-8-11(5-6-12(13)15)21(19,20)16-2/h3-8,16,18H,9,15H2,1-2H3. The van der Waals surface area contributed by atoms with Gasteiger partial charge in [-0.25, -0.2) is 13.1 Å². The van der Waals surface area contributed by atoms with E-state index in [-0.39, 0.29) is 4.90 Å². The van der Waals surface area contributed by atoms with Crippen molar-refractivity contribution in [3.63, 3.8) is 0 Å². The molecule has 0 fully saturated rings. The van der Waals surface area contributed by atoms with Gasteiger partial charge in [0.1, 0.15) is 0 Å². The molecule has 0 amide bonds. The van der Waals surface area contributed by atoms with Crippen LogP contribution in [-0.4, -0.2) is 20.4 Å². The Morgan fingerprint density at radius 2 is 2.05 bits per heavy atom. The van der Waals surface area contributed by atoms with Gasteiger partial charge in [-0.15, -0.1) is 0 Å². The molecule has 0 spiro atoms. The quantitative estimate of drug-likeness (QED) is 0.727. The molecule has 0 radical (unpaired) electrons. The first kappa shape index (κ1) is 15.3. The maximum atomic E-state index is 11.8. The Bertz CT molecular complexity index is 744. The van der Waals surface area contributed by atoms with E-state index in [0.717, 1.165) is 11.3 Å². The Morgan fingerprint density at radius 1 is 1.29 bits per heavy atom. The van der Waals surface area contributed by atoms with Gasteiger partial charge in [-0.1, -0.05) is 6.07 Å². The molecule has 0 aliphatic rings. The molecule has 1 heterocycles. The highest BCUT2D eigenvalue weighted by Crippen LogP contribution is 2.23. The normalized spacial score (nSPS) is 11.3. The third-order valence-electron chi connectivity index (χ3n) is 3.17. The van der Waals surface area contributed by atoms with Crippen LogP contribution in [0.4, 0.5) is 11.4 Å². The molecule has 0 bridgehead atoms. The maximum Gasteiger partial charge on any atom is 0.240 e. The molecule has 2 aromatic rings. The van der Waals surface area contributed by atoms with E-state index >= 15 is 0 Å². The van der Waals surface area contributed by atoms with E-state index in [0.29, 0.717) is 17.9 Å². The fourth-order valence-electron chi connectivity index (χ4n) is 1.86. The molecule has 1 aromatic heterocycles. The van der Waals surface area contributed by atoms with Gasteiger partial charge in [-0.05, 0) is 43.8 Å². The molecule has 4 N–H and O–H groups in total. The minimum Gasteiger partial charge on any atom is -0.397 e. The summed E-state index contributed by atoms with van der Waals surface area (Å²) in [7, 11) is -2.12. The van der Waals surface area contributed by atoms with Gasteiger partial charge in [-0.3, -0.25) is 4.98 Å². The Kier molecular flexibility index (Phi) is 4.44. The molecule has 0 aliphatic heterocycles. The van der Waals surface area contributed by atoms with Gasteiger partial charge < -0.3 is 11.1 Å². The van der Waals surface area contributed by atoms with Crippen molar-refractivity contribution in [2.45, 2.75) is 18.4 Å². The molecule has 21 heavy (non-hydrogen) atoms. The summed E-state index contributed by atoms with van der Waals surface area (Å²) in [6.45, 7) is 2.44. The first-order chi connectivity index (χ1) is 9.94. The first-order valence-electron chi connectivity index (χ1n) is 6.41. The third kappa shape index (κ3) is 3.50. The lowest BCUT2D eigenvalue weighted by atomic mass is 10.2. The van der Waals surface area contributed by atoms with Crippen molar-refractivity contribution in [1.82, 2.24) is 9.71 Å². The van der Waals surface area contributed by atoms with Crippen LogP contribution in [0.1, 0.15) is 11.3 Å². The zero-order chi connectivity index (χ0) is 15.5. The molecule has 0 unspecified atom stereocenters. The number of rotatable bonds is 5. The summed E-state index contributed by atoms with van der Waals surface area (Å²) in [5, 5.41) is 3.13. The van der Waals surface area contributed by atoms with E-state index in [1.54, 1.807) is 12.3 Å². The topological polar surface area (TPSA) is 97.1 Å². The summed E-state index contributed by atoms with van der Waals surface area (Å²) in [6, 6.07) is 8.39. The molecule has 0 saturated heterocycles. The number of hydrogen-bond acceptors (Lipinski definition) is 5. The van der Waals surface area contributed by atoms with E-state index in [1.807, 2.05) is 19.1 Å². The second-order valence-electron chi connectivity index (χ2n) is 4.58. The molecule has 112 valence electrons. The van der Waals surface area contributed by atoms with Gasteiger partial charge in [0, 0.05) is 6.20 Å². The average molecular weight is 306 g/mol. The van der Waals surface area contributed by atoms with Gasteiger partial charge in [0.05, 0.1) is 28.5 Å². The lowest BCUT2D eigenvalue weighted by Crippen LogP contribution is -2.19. The highest BCUT2D eigenvalue weighted by atomic mass is 32.2. The van der Waals surface area contributed by atoms with Crippen LogP contribution in [0.25, 0.3) is 0 Å². The number of aromatic nitrogens is 1. The van der Waals surface area contributed by atoms with Crippen LogP contribution >= 0.6 is 0 Å². The molecule has 0 atom stereocenters. The van der Waals surface area contributed by atoms with E-state index in [9.17, 15) is 8.42 Å². The van der Waals surface area contributed by atoms with Gasteiger partial charge >= 0.3 is 0 Å². The smallest absolute Gasteiger partial charge is 0.240 e. The number of hydrogen-bond donors (Lipinski definition) is 3. The van der Waals surface area contributed by atoms with Gasteiger partial charge in [0.15, 0.2) is 0 Å². The minimum atomic E-state index is -3.49. The number of aryl methyl sites for hydroxylation is 1. The van der Waals surface area contributed by atoms with Crippen molar-refractivity contribution in [3.05, 3.63) is 47.8 Å². The fourth-order valence-corrected chi connectivity index (χ4v) is 2.61. The molecule has 7 heteroatoms. The van der Waals surface area contributed by atoms with E-state index in [2.05, 4.69) is 15.0 Å².